The molecule has 1 aliphatic heterocycles. The van der Waals surface area contributed by atoms with E-state index in [1.54, 1.807) is 18.5 Å². The number of hydrogen-bond donors (Lipinski definition) is 3. The summed E-state index contributed by atoms with van der Waals surface area (Å²) in [7, 11) is 0. The molecule has 2 aromatic rings. The van der Waals surface area contributed by atoms with Crippen LogP contribution in [0.4, 0.5) is 10.6 Å². The summed E-state index contributed by atoms with van der Waals surface area (Å²) in [5, 5.41) is 5.87. The van der Waals surface area contributed by atoms with Gasteiger partial charge in [-0.3, -0.25) is 15.3 Å². The van der Waals surface area contributed by atoms with Gasteiger partial charge in [-0.1, -0.05) is 19.8 Å². The van der Waals surface area contributed by atoms with Crippen molar-refractivity contribution in [2.75, 3.05) is 25.0 Å². The molecule has 0 atom stereocenters. The molecule has 0 aromatic carbocycles. The first-order chi connectivity index (χ1) is 16.1. The van der Waals surface area contributed by atoms with Gasteiger partial charge in [-0.25, -0.2) is 9.78 Å². The van der Waals surface area contributed by atoms with Gasteiger partial charge in [0.25, 0.3) is 0 Å². The Bertz CT molecular complexity index is 1000. The van der Waals surface area contributed by atoms with E-state index in [0.29, 0.717) is 17.4 Å². The number of nitrogens with two attached hydrogens (primary N) is 1. The van der Waals surface area contributed by atoms with Crippen LogP contribution in [-0.2, 0) is 0 Å². The lowest BCUT2D eigenvalue weighted by molar-refractivity contribution is 0.214. The lowest BCUT2D eigenvalue weighted by Crippen LogP contribution is -2.36. The fourth-order valence-electron chi connectivity index (χ4n) is 4.65. The van der Waals surface area contributed by atoms with Crippen LogP contribution >= 0.6 is 0 Å². The maximum absolute atomic E-state index is 12.3. The van der Waals surface area contributed by atoms with Gasteiger partial charge in [0, 0.05) is 48.9 Å². The Kier molecular flexibility index (Phi) is 7.88. The van der Waals surface area contributed by atoms with Gasteiger partial charge in [0.2, 0.25) is 0 Å². The topological polar surface area (TPSA) is 109 Å². The maximum Gasteiger partial charge on any atom is 0.320 e. The van der Waals surface area contributed by atoms with E-state index >= 15 is 0 Å². The minimum absolute atomic E-state index is 0.211. The molecule has 1 saturated carbocycles. The second-order valence-corrected chi connectivity index (χ2v) is 9.01. The first-order valence-electron chi connectivity index (χ1n) is 12.2. The molecule has 4 rings (SSSR count). The highest BCUT2D eigenvalue weighted by Gasteiger charge is 2.18. The Morgan fingerprint density at radius 2 is 2.00 bits per heavy atom. The standard InChI is InChI=1S/C25H35N7O/c1-2-11-32-12-9-20(10-13-32)27-17-19(15-26)18-14-23-22(28-16-18)7-8-24(30-23)31-25(33)29-21-5-3-4-6-21/h7-8,14-17,20-21H,2-6,9-13,26H2,1H3,(H2,29,30,31,33). The normalized spacial score (nSPS) is 18.9. The van der Waals surface area contributed by atoms with Crippen molar-refractivity contribution in [2.24, 2.45) is 10.7 Å². The Morgan fingerprint density at radius 1 is 1.21 bits per heavy atom. The monoisotopic (exact) mass is 449 g/mol. The van der Waals surface area contributed by atoms with E-state index < -0.39 is 0 Å². The third-order valence-electron chi connectivity index (χ3n) is 6.50. The van der Waals surface area contributed by atoms with Crippen molar-refractivity contribution in [1.29, 1.82) is 0 Å². The van der Waals surface area contributed by atoms with E-state index in [9.17, 15) is 4.79 Å². The molecule has 176 valence electrons. The molecule has 3 heterocycles. The van der Waals surface area contributed by atoms with E-state index in [0.717, 1.165) is 55.4 Å². The quantitative estimate of drug-likeness (QED) is 0.555. The first kappa shape index (κ1) is 23.2. The number of amides is 2. The van der Waals surface area contributed by atoms with Crippen LogP contribution < -0.4 is 16.4 Å². The molecule has 1 aliphatic carbocycles. The molecule has 0 bridgehead atoms. The lowest BCUT2D eigenvalue weighted by atomic mass is 10.0. The zero-order valence-corrected chi connectivity index (χ0v) is 19.5. The number of aromatic nitrogens is 2. The summed E-state index contributed by atoms with van der Waals surface area (Å²) < 4.78 is 0. The molecule has 2 aliphatic rings. The number of aliphatic imine (C=N–C) groups is 1. The number of fused-ring (bicyclic) bond motifs is 1. The molecule has 33 heavy (non-hydrogen) atoms. The SMILES string of the molecule is CCCN1CCC(N=CC(=CN)c2cnc3ccc(NC(=O)NC4CCCC4)nc3c2)CC1. The van der Waals surface area contributed by atoms with E-state index in [-0.39, 0.29) is 12.1 Å². The number of nitrogens with one attached hydrogen (secondary N) is 2. The number of pyridine rings is 2. The third kappa shape index (κ3) is 6.28. The molecule has 0 spiro atoms. The first-order valence-corrected chi connectivity index (χ1v) is 12.2. The minimum atomic E-state index is -0.211. The van der Waals surface area contributed by atoms with Crippen LogP contribution in [0.2, 0.25) is 0 Å². The van der Waals surface area contributed by atoms with Crippen molar-refractivity contribution in [1.82, 2.24) is 20.2 Å². The predicted octanol–water partition coefficient (Wildman–Crippen LogP) is 3.94. The largest absolute Gasteiger partial charge is 0.404 e. The maximum atomic E-state index is 12.3. The van der Waals surface area contributed by atoms with Crippen LogP contribution in [0.5, 0.6) is 0 Å². The summed E-state index contributed by atoms with van der Waals surface area (Å²) in [4.78, 5) is 28.7. The molecule has 2 amide bonds. The van der Waals surface area contributed by atoms with Gasteiger partial charge in [0.05, 0.1) is 17.1 Å². The number of allylic oxidation sites excluding steroid dienone is 1. The van der Waals surface area contributed by atoms with Gasteiger partial charge in [0.15, 0.2) is 0 Å². The average Bonchev–Trinajstić information content (AvgIpc) is 3.33. The lowest BCUT2D eigenvalue weighted by Gasteiger charge is -2.29. The molecule has 1 saturated heterocycles. The number of carbonyl (C=O) groups is 1. The van der Waals surface area contributed by atoms with Crippen molar-refractivity contribution in [2.45, 2.75) is 64.0 Å². The van der Waals surface area contributed by atoms with Crippen molar-refractivity contribution in [3.05, 3.63) is 36.2 Å². The highest BCUT2D eigenvalue weighted by atomic mass is 16.2. The zero-order valence-electron chi connectivity index (χ0n) is 19.5. The van der Waals surface area contributed by atoms with Gasteiger partial charge in [-0.2, -0.15) is 0 Å². The number of nitrogens with zero attached hydrogens (tertiary/aromatic N) is 4. The number of likely N-dealkylation sites (tertiary alicyclic amines) is 1. The van der Waals surface area contributed by atoms with Crippen LogP contribution in [0.25, 0.3) is 16.6 Å². The Hall–Kier alpha value is -3.00. The van der Waals surface area contributed by atoms with Gasteiger partial charge in [-0.15, -0.1) is 0 Å². The molecule has 8 nitrogen and oxygen atoms in total. The average molecular weight is 450 g/mol. The molecule has 2 aromatic heterocycles. The summed E-state index contributed by atoms with van der Waals surface area (Å²) >= 11 is 0. The van der Waals surface area contributed by atoms with Gasteiger partial charge < -0.3 is 16.0 Å². The summed E-state index contributed by atoms with van der Waals surface area (Å²) in [6, 6.07) is 5.95. The van der Waals surface area contributed by atoms with Crippen molar-refractivity contribution >= 4 is 34.7 Å². The molecule has 0 radical (unpaired) electrons. The number of anilines is 1. The number of hydrogen-bond acceptors (Lipinski definition) is 6. The van der Waals surface area contributed by atoms with Crippen LogP contribution in [-0.4, -0.2) is 58.8 Å². The summed E-state index contributed by atoms with van der Waals surface area (Å²) in [6.07, 6.45) is 13.0. The van der Waals surface area contributed by atoms with Crippen LogP contribution in [0.15, 0.2) is 35.6 Å². The second-order valence-electron chi connectivity index (χ2n) is 9.01. The minimum Gasteiger partial charge on any atom is -0.404 e. The molecule has 2 fully saturated rings. The van der Waals surface area contributed by atoms with Crippen molar-refractivity contribution in [3.8, 4) is 0 Å². The van der Waals surface area contributed by atoms with Crippen molar-refractivity contribution in [3.63, 3.8) is 0 Å². The van der Waals surface area contributed by atoms with E-state index in [1.165, 1.54) is 25.8 Å². The smallest absolute Gasteiger partial charge is 0.320 e. The zero-order chi connectivity index (χ0) is 23.0. The van der Waals surface area contributed by atoms with Gasteiger partial charge in [0.1, 0.15) is 5.82 Å². The highest BCUT2D eigenvalue weighted by Crippen LogP contribution is 2.21. The molecular weight excluding hydrogens is 414 g/mol. The molecule has 0 unspecified atom stereocenters. The van der Waals surface area contributed by atoms with Crippen LogP contribution in [0.1, 0.15) is 57.4 Å². The molecule has 8 heteroatoms. The third-order valence-corrected chi connectivity index (χ3v) is 6.50. The Balaban J connectivity index is 1.41. The number of rotatable bonds is 7. The number of carbonyl (C=O) groups excluding carboxylic acids is 1. The fourth-order valence-corrected chi connectivity index (χ4v) is 4.65. The number of piperidine rings is 1. The predicted molar refractivity (Wildman–Crippen MR) is 134 cm³/mol. The summed E-state index contributed by atoms with van der Waals surface area (Å²) in [5.74, 6) is 0.503. The van der Waals surface area contributed by atoms with Gasteiger partial charge >= 0.3 is 6.03 Å². The highest BCUT2D eigenvalue weighted by molar-refractivity contribution is 6.10. The summed E-state index contributed by atoms with van der Waals surface area (Å²) in [5.41, 5.74) is 9.06. The van der Waals surface area contributed by atoms with E-state index in [1.807, 2.05) is 18.3 Å². The fraction of sp³-hybridized carbons (Fsp3) is 0.520. The summed E-state index contributed by atoms with van der Waals surface area (Å²) in [6.45, 7) is 5.59. The Morgan fingerprint density at radius 3 is 2.73 bits per heavy atom. The van der Waals surface area contributed by atoms with Crippen molar-refractivity contribution < 1.29 is 4.79 Å². The van der Waals surface area contributed by atoms with Crippen LogP contribution in [0.3, 0.4) is 0 Å². The number of urea groups is 1. The Labute approximate surface area is 195 Å². The van der Waals surface area contributed by atoms with Crippen LogP contribution in [0, 0.1) is 0 Å². The van der Waals surface area contributed by atoms with E-state index in [2.05, 4.69) is 32.4 Å². The van der Waals surface area contributed by atoms with E-state index in [4.69, 9.17) is 10.7 Å². The second kappa shape index (κ2) is 11.2. The molecular formula is C25H35N7O. The van der Waals surface area contributed by atoms with Gasteiger partial charge in [-0.05, 0) is 56.8 Å². The molecule has 4 N–H and O–H groups in total.